The van der Waals surface area contributed by atoms with E-state index in [1.54, 1.807) is 0 Å². The number of hydrogen-bond acceptors (Lipinski definition) is 5. The summed E-state index contributed by atoms with van der Waals surface area (Å²) >= 11 is 0. The molecule has 1 atom stereocenters. The minimum Gasteiger partial charge on any atom is -0.381 e. The average Bonchev–Trinajstić information content (AvgIpc) is 2.68. The van der Waals surface area contributed by atoms with Crippen LogP contribution in [0.4, 0.5) is 0 Å². The minimum atomic E-state index is -0.449. The molecule has 0 aliphatic carbocycles. The van der Waals surface area contributed by atoms with Crippen LogP contribution in [-0.4, -0.2) is 56.4 Å². The molecule has 1 unspecified atom stereocenters. The summed E-state index contributed by atoms with van der Waals surface area (Å²) in [7, 11) is 0. The van der Waals surface area contributed by atoms with E-state index in [-0.39, 0.29) is 36.6 Å². The minimum absolute atomic E-state index is 0. The Morgan fingerprint density at radius 1 is 1.07 bits per heavy atom. The second kappa shape index (κ2) is 12.5. The van der Waals surface area contributed by atoms with Gasteiger partial charge in [0, 0.05) is 39.4 Å². The van der Waals surface area contributed by atoms with Gasteiger partial charge in [-0.1, -0.05) is 24.3 Å². The van der Waals surface area contributed by atoms with Gasteiger partial charge in [0.05, 0.1) is 19.3 Å². The van der Waals surface area contributed by atoms with E-state index in [9.17, 15) is 4.79 Å². The van der Waals surface area contributed by atoms with Gasteiger partial charge < -0.3 is 20.5 Å². The second-order valence-electron chi connectivity index (χ2n) is 6.85. The van der Waals surface area contributed by atoms with Crippen LogP contribution in [0.15, 0.2) is 24.3 Å². The Bertz CT molecular complexity index is 565. The van der Waals surface area contributed by atoms with Gasteiger partial charge >= 0.3 is 0 Å². The van der Waals surface area contributed by atoms with Gasteiger partial charge in [0.25, 0.3) is 0 Å². The molecule has 1 aromatic rings. The Labute approximate surface area is 174 Å². The number of nitrogens with zero attached hydrogens (tertiary/aromatic N) is 1. The molecule has 27 heavy (non-hydrogen) atoms. The lowest BCUT2D eigenvalue weighted by Crippen LogP contribution is -2.47. The monoisotopic (exact) mass is 419 g/mol. The predicted octanol–water partition coefficient (Wildman–Crippen LogP) is 1.73. The number of carbonyl (C=O) groups excluding carboxylic acids is 1. The highest BCUT2D eigenvalue weighted by Crippen LogP contribution is 2.18. The molecule has 2 saturated heterocycles. The lowest BCUT2D eigenvalue weighted by Gasteiger charge is -2.28. The maximum absolute atomic E-state index is 12.4. The molecule has 2 fully saturated rings. The molecule has 0 saturated carbocycles. The lowest BCUT2D eigenvalue weighted by molar-refractivity contribution is -0.124. The molecular formula is C19H31Cl2N3O3. The van der Waals surface area contributed by atoms with E-state index in [2.05, 4.69) is 28.4 Å². The topological polar surface area (TPSA) is 76.8 Å². The third-order valence-electron chi connectivity index (χ3n) is 5.15. The molecule has 2 heterocycles. The van der Waals surface area contributed by atoms with Gasteiger partial charge in [0.15, 0.2) is 0 Å². The van der Waals surface area contributed by atoms with Gasteiger partial charge in [-0.3, -0.25) is 9.69 Å². The van der Waals surface area contributed by atoms with Crippen LogP contribution in [0.5, 0.6) is 0 Å². The lowest BCUT2D eigenvalue weighted by atomic mass is 9.92. The smallest absolute Gasteiger partial charge is 0.237 e. The number of carbonyl (C=O) groups is 1. The number of benzene rings is 1. The van der Waals surface area contributed by atoms with E-state index in [0.717, 1.165) is 51.3 Å². The van der Waals surface area contributed by atoms with Crippen LogP contribution in [0.2, 0.25) is 0 Å². The van der Waals surface area contributed by atoms with Crippen molar-refractivity contribution in [3.05, 3.63) is 35.4 Å². The van der Waals surface area contributed by atoms with Crippen molar-refractivity contribution in [2.75, 3.05) is 39.5 Å². The van der Waals surface area contributed by atoms with Crippen molar-refractivity contribution in [2.45, 2.75) is 32.0 Å². The number of rotatable bonds is 6. The molecule has 3 rings (SSSR count). The fraction of sp³-hybridized carbons (Fsp3) is 0.632. The molecule has 6 nitrogen and oxygen atoms in total. The van der Waals surface area contributed by atoms with E-state index in [1.807, 2.05) is 6.07 Å². The summed E-state index contributed by atoms with van der Waals surface area (Å²) in [6.45, 7) is 6.31. The molecule has 0 bridgehead atoms. The molecule has 0 aromatic heterocycles. The van der Waals surface area contributed by atoms with Crippen molar-refractivity contribution in [3.63, 3.8) is 0 Å². The number of hydrogen-bond donors (Lipinski definition) is 2. The summed E-state index contributed by atoms with van der Waals surface area (Å²) in [6.07, 6.45) is 1.73. The van der Waals surface area contributed by atoms with Crippen LogP contribution in [0.1, 0.15) is 24.0 Å². The Balaban J connectivity index is 0.00000182. The molecule has 1 aromatic carbocycles. The van der Waals surface area contributed by atoms with Crippen LogP contribution in [-0.2, 0) is 27.4 Å². The third kappa shape index (κ3) is 7.22. The zero-order valence-electron chi connectivity index (χ0n) is 15.6. The second-order valence-corrected chi connectivity index (χ2v) is 6.85. The Kier molecular flexibility index (Phi) is 11.2. The van der Waals surface area contributed by atoms with Gasteiger partial charge in [-0.25, -0.2) is 0 Å². The van der Waals surface area contributed by atoms with E-state index in [4.69, 9.17) is 15.2 Å². The van der Waals surface area contributed by atoms with E-state index in [0.29, 0.717) is 19.8 Å². The van der Waals surface area contributed by atoms with E-state index >= 15 is 0 Å². The van der Waals surface area contributed by atoms with Crippen molar-refractivity contribution in [1.82, 2.24) is 10.2 Å². The largest absolute Gasteiger partial charge is 0.381 e. The standard InChI is InChI=1S/C19H29N3O3.2ClH/c20-18(15-5-9-24-10-6-15)19(23)21-13-16-3-1-2-4-17(16)14-22-7-11-25-12-8-22;;/h1-4,15,18H,5-14,20H2,(H,21,23);2*1H. The van der Waals surface area contributed by atoms with Gasteiger partial charge in [-0.2, -0.15) is 0 Å². The quantitative estimate of drug-likeness (QED) is 0.733. The number of ether oxygens (including phenoxy) is 2. The van der Waals surface area contributed by atoms with Crippen molar-refractivity contribution in [3.8, 4) is 0 Å². The maximum Gasteiger partial charge on any atom is 0.237 e. The van der Waals surface area contributed by atoms with Crippen molar-refractivity contribution in [2.24, 2.45) is 11.7 Å². The molecule has 1 amide bonds. The molecule has 0 spiro atoms. The zero-order chi connectivity index (χ0) is 17.5. The van der Waals surface area contributed by atoms with Crippen LogP contribution >= 0.6 is 24.8 Å². The van der Waals surface area contributed by atoms with Crippen molar-refractivity contribution in [1.29, 1.82) is 0 Å². The van der Waals surface area contributed by atoms with Crippen LogP contribution in [0.3, 0.4) is 0 Å². The number of morpholine rings is 1. The van der Waals surface area contributed by atoms with Crippen LogP contribution in [0, 0.1) is 5.92 Å². The first kappa shape index (κ1) is 24.1. The van der Waals surface area contributed by atoms with Gasteiger partial charge in [-0.05, 0) is 29.9 Å². The Morgan fingerprint density at radius 3 is 2.33 bits per heavy atom. The Morgan fingerprint density at radius 2 is 1.67 bits per heavy atom. The first-order valence-corrected chi connectivity index (χ1v) is 9.22. The highest BCUT2D eigenvalue weighted by atomic mass is 35.5. The number of amides is 1. The summed E-state index contributed by atoms with van der Waals surface area (Å²) < 4.78 is 10.8. The van der Waals surface area contributed by atoms with E-state index in [1.165, 1.54) is 5.56 Å². The highest BCUT2D eigenvalue weighted by Gasteiger charge is 2.26. The molecule has 0 radical (unpaired) electrons. The molecule has 2 aliphatic heterocycles. The summed E-state index contributed by atoms with van der Waals surface area (Å²) in [5.74, 6) is 0.158. The fourth-order valence-corrected chi connectivity index (χ4v) is 3.47. The van der Waals surface area contributed by atoms with Crippen LogP contribution in [0.25, 0.3) is 0 Å². The highest BCUT2D eigenvalue weighted by molar-refractivity contribution is 5.85. The molecular weight excluding hydrogens is 389 g/mol. The van der Waals surface area contributed by atoms with Gasteiger partial charge in [0.2, 0.25) is 5.91 Å². The zero-order valence-corrected chi connectivity index (χ0v) is 17.2. The maximum atomic E-state index is 12.4. The number of halogens is 2. The van der Waals surface area contributed by atoms with E-state index < -0.39 is 6.04 Å². The summed E-state index contributed by atoms with van der Waals surface area (Å²) in [5.41, 5.74) is 8.56. The first-order valence-electron chi connectivity index (χ1n) is 9.22. The molecule has 3 N–H and O–H groups in total. The predicted molar refractivity (Wildman–Crippen MR) is 110 cm³/mol. The first-order chi connectivity index (χ1) is 12.2. The third-order valence-corrected chi connectivity index (χ3v) is 5.15. The van der Waals surface area contributed by atoms with Crippen molar-refractivity contribution >= 4 is 30.7 Å². The molecule has 2 aliphatic rings. The van der Waals surface area contributed by atoms with Crippen molar-refractivity contribution < 1.29 is 14.3 Å². The summed E-state index contributed by atoms with van der Waals surface area (Å²) in [4.78, 5) is 14.8. The summed E-state index contributed by atoms with van der Waals surface area (Å²) in [5, 5.41) is 3.03. The summed E-state index contributed by atoms with van der Waals surface area (Å²) in [6, 6.07) is 7.83. The fourth-order valence-electron chi connectivity index (χ4n) is 3.47. The van der Waals surface area contributed by atoms with Gasteiger partial charge in [-0.15, -0.1) is 24.8 Å². The number of nitrogens with one attached hydrogen (secondary N) is 1. The SMILES string of the molecule is Cl.Cl.NC(C(=O)NCc1ccccc1CN1CCOCC1)C1CCOCC1. The average molecular weight is 420 g/mol. The van der Waals surface area contributed by atoms with Crippen LogP contribution < -0.4 is 11.1 Å². The molecule has 8 heteroatoms. The number of nitrogens with two attached hydrogens (primary N) is 1. The Hall–Kier alpha value is -0.890. The normalized spacial score (nSPS) is 19.4. The van der Waals surface area contributed by atoms with Gasteiger partial charge in [0.1, 0.15) is 0 Å². The molecule has 154 valence electrons.